The Morgan fingerprint density at radius 1 is 1.16 bits per heavy atom. The van der Waals surface area contributed by atoms with E-state index in [2.05, 4.69) is 5.32 Å². The summed E-state index contributed by atoms with van der Waals surface area (Å²) in [4.78, 5) is 29.5. The Hall–Kier alpha value is -3.24. The molecule has 1 unspecified atom stereocenters. The number of rotatable bonds is 4. The maximum atomic E-state index is 13.0. The molecule has 2 amide bonds. The van der Waals surface area contributed by atoms with Gasteiger partial charge in [-0.15, -0.1) is 0 Å². The van der Waals surface area contributed by atoms with E-state index in [-0.39, 0.29) is 23.4 Å². The van der Waals surface area contributed by atoms with Crippen LogP contribution in [0.3, 0.4) is 0 Å². The van der Waals surface area contributed by atoms with E-state index in [1.165, 1.54) is 0 Å². The third kappa shape index (κ3) is 4.75. The number of hydrogen-bond acceptors (Lipinski definition) is 5. The first-order valence-electron chi connectivity index (χ1n) is 10.3. The van der Waals surface area contributed by atoms with Gasteiger partial charge in [0.2, 0.25) is 5.91 Å². The van der Waals surface area contributed by atoms with Crippen LogP contribution in [0.5, 0.6) is 5.75 Å². The molecule has 31 heavy (non-hydrogen) atoms. The first kappa shape index (κ1) is 21.0. The number of nitrogens with zero attached hydrogens (tertiary/aromatic N) is 3. The second-order valence-electron chi connectivity index (χ2n) is 7.70. The van der Waals surface area contributed by atoms with E-state index in [4.69, 9.17) is 21.6 Å². The standard InChI is InChI=1S/C23H23ClN4O3/c24-18-12-17(9-8-16(18)13-25)26-22(29)15-28-14-21(23(30)27-10-4-1-5-11-27)31-20-7-3-2-6-19(20)28/h2-3,6-9,12,21H,1,4-5,10-11,14-15H2,(H,26,29). The van der Waals surface area contributed by atoms with Crippen LogP contribution in [0.1, 0.15) is 24.8 Å². The van der Waals surface area contributed by atoms with Crippen molar-refractivity contribution >= 4 is 34.8 Å². The fraction of sp³-hybridized carbons (Fsp3) is 0.348. The van der Waals surface area contributed by atoms with Crippen molar-refractivity contribution < 1.29 is 14.3 Å². The second kappa shape index (κ2) is 9.27. The predicted molar refractivity (Wildman–Crippen MR) is 118 cm³/mol. The second-order valence-corrected chi connectivity index (χ2v) is 8.10. The molecule has 0 saturated carbocycles. The number of nitrogens with one attached hydrogen (secondary N) is 1. The normalized spacial score (nSPS) is 17.9. The minimum absolute atomic E-state index is 0.0292. The summed E-state index contributed by atoms with van der Waals surface area (Å²) in [6.07, 6.45) is 2.51. The highest BCUT2D eigenvalue weighted by atomic mass is 35.5. The number of para-hydroxylation sites is 2. The number of piperidine rings is 1. The summed E-state index contributed by atoms with van der Waals surface area (Å²) in [5.74, 6) is 0.318. The van der Waals surface area contributed by atoms with Gasteiger partial charge in [0.05, 0.1) is 29.4 Å². The number of hydrogen-bond donors (Lipinski definition) is 1. The van der Waals surface area contributed by atoms with Gasteiger partial charge in [-0.25, -0.2) is 0 Å². The van der Waals surface area contributed by atoms with Crippen molar-refractivity contribution in [1.82, 2.24) is 4.90 Å². The van der Waals surface area contributed by atoms with E-state index in [1.807, 2.05) is 40.1 Å². The number of benzene rings is 2. The van der Waals surface area contributed by atoms with E-state index in [0.717, 1.165) is 38.0 Å². The highest BCUT2D eigenvalue weighted by Crippen LogP contribution is 2.33. The lowest BCUT2D eigenvalue weighted by molar-refractivity contribution is -0.139. The van der Waals surface area contributed by atoms with Crippen LogP contribution in [0.2, 0.25) is 5.02 Å². The lowest BCUT2D eigenvalue weighted by Gasteiger charge is -2.38. The van der Waals surface area contributed by atoms with E-state index in [1.54, 1.807) is 18.2 Å². The third-order valence-corrected chi connectivity index (χ3v) is 5.83. The largest absolute Gasteiger partial charge is 0.477 e. The van der Waals surface area contributed by atoms with Crippen molar-refractivity contribution in [2.24, 2.45) is 0 Å². The number of amides is 2. The minimum atomic E-state index is -0.648. The number of anilines is 2. The van der Waals surface area contributed by atoms with Crippen LogP contribution < -0.4 is 15.0 Å². The summed E-state index contributed by atoms with van der Waals surface area (Å²) in [6, 6.07) is 14.2. The van der Waals surface area contributed by atoms with Crippen LogP contribution in [0.25, 0.3) is 0 Å². The van der Waals surface area contributed by atoms with Gasteiger partial charge >= 0.3 is 0 Å². The van der Waals surface area contributed by atoms with E-state index in [9.17, 15) is 9.59 Å². The Bertz CT molecular complexity index is 1030. The first-order valence-corrected chi connectivity index (χ1v) is 10.7. The van der Waals surface area contributed by atoms with Crippen molar-refractivity contribution in [2.45, 2.75) is 25.4 Å². The number of carbonyl (C=O) groups excluding carboxylic acids is 2. The van der Waals surface area contributed by atoms with E-state index >= 15 is 0 Å². The van der Waals surface area contributed by atoms with Crippen LogP contribution in [0.4, 0.5) is 11.4 Å². The zero-order chi connectivity index (χ0) is 21.8. The fourth-order valence-corrected chi connectivity index (χ4v) is 4.18. The molecule has 0 bridgehead atoms. The molecule has 0 spiro atoms. The van der Waals surface area contributed by atoms with Crippen LogP contribution in [0, 0.1) is 11.3 Å². The summed E-state index contributed by atoms with van der Waals surface area (Å²) in [7, 11) is 0. The Kier molecular flexibility index (Phi) is 6.28. The van der Waals surface area contributed by atoms with Gasteiger partial charge < -0.3 is 19.9 Å². The van der Waals surface area contributed by atoms with Gasteiger partial charge in [0.1, 0.15) is 11.8 Å². The summed E-state index contributed by atoms with van der Waals surface area (Å²) < 4.78 is 6.01. The Morgan fingerprint density at radius 3 is 2.68 bits per heavy atom. The SMILES string of the molecule is N#Cc1ccc(NC(=O)CN2CC(C(=O)N3CCCCC3)Oc3ccccc32)cc1Cl. The van der Waals surface area contributed by atoms with Crippen LogP contribution in [-0.4, -0.2) is 49.0 Å². The van der Waals surface area contributed by atoms with Gasteiger partial charge in [0.15, 0.2) is 6.10 Å². The lowest BCUT2D eigenvalue weighted by Crippen LogP contribution is -2.52. The summed E-state index contributed by atoms with van der Waals surface area (Å²) in [6.45, 7) is 1.86. The summed E-state index contributed by atoms with van der Waals surface area (Å²) >= 11 is 6.06. The minimum Gasteiger partial charge on any atom is -0.477 e. The van der Waals surface area contributed by atoms with Gasteiger partial charge in [-0.2, -0.15) is 5.26 Å². The molecule has 0 radical (unpaired) electrons. The van der Waals surface area contributed by atoms with Crippen LogP contribution >= 0.6 is 11.6 Å². The number of likely N-dealkylation sites (tertiary alicyclic amines) is 1. The molecule has 4 rings (SSSR count). The zero-order valence-corrected chi connectivity index (χ0v) is 17.8. The number of halogens is 1. The Morgan fingerprint density at radius 2 is 1.94 bits per heavy atom. The van der Waals surface area contributed by atoms with Crippen LogP contribution in [-0.2, 0) is 9.59 Å². The molecular formula is C23H23ClN4O3. The quantitative estimate of drug-likeness (QED) is 0.790. The monoisotopic (exact) mass is 438 g/mol. The van der Waals surface area contributed by atoms with E-state index in [0.29, 0.717) is 23.5 Å². The molecule has 1 N–H and O–H groups in total. The molecule has 1 atom stereocenters. The molecule has 1 saturated heterocycles. The molecule has 1 fully saturated rings. The van der Waals surface area contributed by atoms with Gasteiger partial charge in [0.25, 0.3) is 5.91 Å². The molecule has 8 heteroatoms. The smallest absolute Gasteiger partial charge is 0.265 e. The zero-order valence-electron chi connectivity index (χ0n) is 17.0. The molecule has 2 aliphatic heterocycles. The summed E-state index contributed by atoms with van der Waals surface area (Å²) in [5, 5.41) is 12.1. The molecule has 7 nitrogen and oxygen atoms in total. The maximum absolute atomic E-state index is 13.0. The topological polar surface area (TPSA) is 85.7 Å². The highest BCUT2D eigenvalue weighted by Gasteiger charge is 2.34. The van der Waals surface area contributed by atoms with Crippen molar-refractivity contribution in [2.75, 3.05) is 36.4 Å². The molecule has 0 aliphatic carbocycles. The van der Waals surface area contributed by atoms with Crippen molar-refractivity contribution in [3.63, 3.8) is 0 Å². The van der Waals surface area contributed by atoms with Crippen LogP contribution in [0.15, 0.2) is 42.5 Å². The Balaban J connectivity index is 1.48. The van der Waals surface area contributed by atoms with Crippen molar-refractivity contribution in [3.8, 4) is 11.8 Å². The predicted octanol–water partition coefficient (Wildman–Crippen LogP) is 3.43. The average molecular weight is 439 g/mol. The maximum Gasteiger partial charge on any atom is 0.265 e. The van der Waals surface area contributed by atoms with Crippen molar-refractivity contribution in [3.05, 3.63) is 53.1 Å². The third-order valence-electron chi connectivity index (χ3n) is 5.51. The van der Waals surface area contributed by atoms with Gasteiger partial charge in [-0.05, 0) is 49.6 Å². The molecule has 2 heterocycles. The number of ether oxygens (including phenoxy) is 1. The summed E-state index contributed by atoms with van der Waals surface area (Å²) in [5.41, 5.74) is 1.63. The van der Waals surface area contributed by atoms with E-state index < -0.39 is 6.10 Å². The number of carbonyl (C=O) groups is 2. The molecule has 2 aromatic carbocycles. The molecule has 160 valence electrons. The number of nitriles is 1. The Labute approximate surface area is 186 Å². The van der Waals surface area contributed by atoms with Crippen molar-refractivity contribution in [1.29, 1.82) is 5.26 Å². The van der Waals surface area contributed by atoms with Gasteiger partial charge in [-0.3, -0.25) is 9.59 Å². The first-order chi connectivity index (χ1) is 15.0. The fourth-order valence-electron chi connectivity index (χ4n) is 3.96. The molecule has 2 aliphatic rings. The lowest BCUT2D eigenvalue weighted by atomic mass is 10.1. The molecular weight excluding hydrogens is 416 g/mol. The van der Waals surface area contributed by atoms with Gasteiger partial charge in [0, 0.05) is 18.8 Å². The van der Waals surface area contributed by atoms with Gasteiger partial charge in [-0.1, -0.05) is 23.7 Å². The highest BCUT2D eigenvalue weighted by molar-refractivity contribution is 6.32. The average Bonchev–Trinajstić information content (AvgIpc) is 2.79. The molecule has 0 aromatic heterocycles. The molecule has 2 aromatic rings. The number of fused-ring (bicyclic) bond motifs is 1.